The van der Waals surface area contributed by atoms with Crippen LogP contribution in [0.25, 0.3) is 6.08 Å². The Morgan fingerprint density at radius 2 is 1.93 bits per heavy atom. The molecule has 1 rings (SSSR count). The predicted octanol–water partition coefficient (Wildman–Crippen LogP) is 1.40. The van der Waals surface area contributed by atoms with Crippen molar-refractivity contribution in [1.82, 2.24) is 0 Å². The molecular formula is C12H19N2O+. The number of rotatable bonds is 3. The molecule has 0 fully saturated rings. The molecule has 0 amide bonds. The Labute approximate surface area is 91.0 Å². The van der Waals surface area contributed by atoms with Crippen LogP contribution in [0.5, 0.6) is 5.75 Å². The van der Waals surface area contributed by atoms with Crippen molar-refractivity contribution in [3.8, 4) is 5.75 Å². The van der Waals surface area contributed by atoms with Crippen molar-refractivity contribution in [2.24, 2.45) is 5.73 Å². The second kappa shape index (κ2) is 4.36. The zero-order valence-electron chi connectivity index (χ0n) is 9.57. The van der Waals surface area contributed by atoms with E-state index in [1.807, 2.05) is 18.2 Å². The summed E-state index contributed by atoms with van der Waals surface area (Å²) in [6.45, 7) is 0.758. The molecule has 0 atom stereocenters. The fraction of sp³-hybridized carbons (Fsp3) is 0.333. The largest absolute Gasteiger partial charge is 0.507 e. The third-order valence-electron chi connectivity index (χ3n) is 1.93. The van der Waals surface area contributed by atoms with Gasteiger partial charge >= 0.3 is 0 Å². The molecule has 1 aromatic carbocycles. The zero-order valence-corrected chi connectivity index (χ0v) is 9.57. The van der Waals surface area contributed by atoms with Crippen molar-refractivity contribution in [1.29, 1.82) is 0 Å². The number of phenols is 1. The van der Waals surface area contributed by atoms with Crippen LogP contribution in [0.15, 0.2) is 30.0 Å². The summed E-state index contributed by atoms with van der Waals surface area (Å²) < 4.78 is 0.774. The molecule has 0 saturated heterocycles. The van der Waals surface area contributed by atoms with E-state index in [0.29, 0.717) is 0 Å². The van der Waals surface area contributed by atoms with Gasteiger partial charge in [-0.1, -0.05) is 18.2 Å². The summed E-state index contributed by atoms with van der Waals surface area (Å²) in [4.78, 5) is 0. The lowest BCUT2D eigenvalue weighted by Gasteiger charge is -2.23. The number of para-hydroxylation sites is 1. The highest BCUT2D eigenvalue weighted by atomic mass is 16.3. The lowest BCUT2D eigenvalue weighted by Crippen LogP contribution is -2.37. The van der Waals surface area contributed by atoms with Crippen molar-refractivity contribution in [2.75, 3.05) is 27.7 Å². The number of aromatic hydroxyl groups is 1. The molecule has 0 heterocycles. The molecule has 0 spiro atoms. The Morgan fingerprint density at radius 3 is 2.47 bits per heavy atom. The standard InChI is InChI=1S/C12H18N2O/c1-14(2,3)9-11(13)8-10-6-4-5-7-12(10)15/h4-8H,9,13H2,1-3H3/p+1. The lowest BCUT2D eigenvalue weighted by molar-refractivity contribution is -0.865. The van der Waals surface area contributed by atoms with Crippen LogP contribution in [-0.4, -0.2) is 37.3 Å². The van der Waals surface area contributed by atoms with Gasteiger partial charge in [-0.05, 0) is 12.1 Å². The summed E-state index contributed by atoms with van der Waals surface area (Å²) >= 11 is 0. The Balaban J connectivity index is 2.84. The maximum Gasteiger partial charge on any atom is 0.122 e. The van der Waals surface area contributed by atoms with E-state index in [9.17, 15) is 5.11 Å². The molecule has 0 bridgehead atoms. The molecule has 0 aliphatic heterocycles. The number of likely N-dealkylation sites (N-methyl/N-ethyl adjacent to an activating group) is 1. The minimum absolute atomic E-state index is 0.266. The second-order valence-electron chi connectivity index (χ2n) is 4.73. The predicted molar refractivity (Wildman–Crippen MR) is 63.2 cm³/mol. The van der Waals surface area contributed by atoms with Crippen LogP contribution in [0.3, 0.4) is 0 Å². The van der Waals surface area contributed by atoms with Crippen LogP contribution in [0.2, 0.25) is 0 Å². The summed E-state index contributed by atoms with van der Waals surface area (Å²) in [5, 5.41) is 9.55. The highest BCUT2D eigenvalue weighted by Crippen LogP contribution is 2.18. The van der Waals surface area contributed by atoms with E-state index >= 15 is 0 Å². The zero-order chi connectivity index (χ0) is 11.5. The van der Waals surface area contributed by atoms with Crippen molar-refractivity contribution in [2.45, 2.75) is 0 Å². The quantitative estimate of drug-likeness (QED) is 0.736. The summed E-state index contributed by atoms with van der Waals surface area (Å²) in [5.41, 5.74) is 7.43. The molecule has 0 aliphatic rings. The second-order valence-corrected chi connectivity index (χ2v) is 4.73. The van der Waals surface area contributed by atoms with E-state index in [-0.39, 0.29) is 5.75 Å². The van der Waals surface area contributed by atoms with E-state index in [1.165, 1.54) is 0 Å². The number of quaternary nitrogens is 1. The number of phenolic OH excluding ortho intramolecular Hbond substituents is 1. The van der Waals surface area contributed by atoms with Crippen LogP contribution in [0, 0.1) is 0 Å². The summed E-state index contributed by atoms with van der Waals surface area (Å²) in [7, 11) is 6.22. The van der Waals surface area contributed by atoms with E-state index in [2.05, 4.69) is 21.1 Å². The highest BCUT2D eigenvalue weighted by Gasteiger charge is 2.08. The van der Waals surface area contributed by atoms with E-state index in [1.54, 1.807) is 12.1 Å². The molecule has 3 heteroatoms. The topological polar surface area (TPSA) is 46.2 Å². The molecular weight excluding hydrogens is 188 g/mol. The highest BCUT2D eigenvalue weighted by molar-refractivity contribution is 5.58. The number of hydrogen-bond donors (Lipinski definition) is 2. The maximum atomic E-state index is 9.55. The van der Waals surface area contributed by atoms with Crippen LogP contribution in [0.1, 0.15) is 5.56 Å². The molecule has 0 aliphatic carbocycles. The number of nitrogens with zero attached hydrogens (tertiary/aromatic N) is 1. The van der Waals surface area contributed by atoms with Gasteiger partial charge in [-0.25, -0.2) is 0 Å². The Bertz CT molecular complexity index is 364. The maximum absolute atomic E-state index is 9.55. The SMILES string of the molecule is C[N+](C)(C)CC(N)=Cc1ccccc1O. The minimum atomic E-state index is 0.266. The van der Waals surface area contributed by atoms with Crippen molar-refractivity contribution in [3.05, 3.63) is 35.5 Å². The number of hydrogen-bond acceptors (Lipinski definition) is 2. The van der Waals surface area contributed by atoms with Gasteiger partial charge in [-0.15, -0.1) is 0 Å². The molecule has 1 aromatic rings. The third kappa shape index (κ3) is 4.04. The Kier molecular flexibility index (Phi) is 3.37. The lowest BCUT2D eigenvalue weighted by atomic mass is 10.1. The smallest absolute Gasteiger partial charge is 0.122 e. The molecule has 82 valence electrons. The normalized spacial score (nSPS) is 12.9. The number of benzene rings is 1. The minimum Gasteiger partial charge on any atom is -0.507 e. The molecule has 0 unspecified atom stereocenters. The van der Waals surface area contributed by atoms with Gasteiger partial charge < -0.3 is 15.3 Å². The molecule has 3 nitrogen and oxygen atoms in total. The monoisotopic (exact) mass is 207 g/mol. The fourth-order valence-corrected chi connectivity index (χ4v) is 1.40. The summed E-state index contributed by atoms with van der Waals surface area (Å²) in [6, 6.07) is 7.18. The first kappa shape index (κ1) is 11.6. The van der Waals surface area contributed by atoms with Crippen molar-refractivity contribution < 1.29 is 9.59 Å². The van der Waals surface area contributed by atoms with Gasteiger partial charge in [0.25, 0.3) is 0 Å². The van der Waals surface area contributed by atoms with Gasteiger partial charge in [-0.3, -0.25) is 0 Å². The van der Waals surface area contributed by atoms with Crippen molar-refractivity contribution in [3.63, 3.8) is 0 Å². The van der Waals surface area contributed by atoms with Gasteiger partial charge in [-0.2, -0.15) is 0 Å². The Hall–Kier alpha value is -1.48. The van der Waals surface area contributed by atoms with Gasteiger partial charge in [0.05, 0.1) is 26.8 Å². The first-order valence-corrected chi connectivity index (χ1v) is 4.93. The van der Waals surface area contributed by atoms with Crippen LogP contribution in [0.4, 0.5) is 0 Å². The van der Waals surface area contributed by atoms with Gasteiger partial charge in [0.1, 0.15) is 12.3 Å². The van der Waals surface area contributed by atoms with E-state index in [0.717, 1.165) is 22.3 Å². The molecule has 0 radical (unpaired) electrons. The van der Waals surface area contributed by atoms with Crippen LogP contribution < -0.4 is 5.73 Å². The third-order valence-corrected chi connectivity index (χ3v) is 1.93. The summed E-state index contributed by atoms with van der Waals surface area (Å²) in [6.07, 6.45) is 1.82. The Morgan fingerprint density at radius 1 is 1.33 bits per heavy atom. The van der Waals surface area contributed by atoms with Gasteiger partial charge in [0.2, 0.25) is 0 Å². The molecule has 15 heavy (non-hydrogen) atoms. The molecule has 0 aromatic heterocycles. The van der Waals surface area contributed by atoms with E-state index < -0.39 is 0 Å². The fourth-order valence-electron chi connectivity index (χ4n) is 1.40. The van der Waals surface area contributed by atoms with Crippen LogP contribution in [-0.2, 0) is 0 Å². The average molecular weight is 207 g/mol. The van der Waals surface area contributed by atoms with Gasteiger partial charge in [0, 0.05) is 5.56 Å². The van der Waals surface area contributed by atoms with E-state index in [4.69, 9.17) is 5.73 Å². The summed E-state index contributed by atoms with van der Waals surface area (Å²) in [5.74, 6) is 0.266. The van der Waals surface area contributed by atoms with Crippen molar-refractivity contribution >= 4 is 6.08 Å². The van der Waals surface area contributed by atoms with Gasteiger partial charge in [0.15, 0.2) is 0 Å². The average Bonchev–Trinajstić information content (AvgIpc) is 2.05. The number of nitrogens with two attached hydrogens (primary N) is 1. The molecule has 0 saturated carbocycles. The first-order valence-electron chi connectivity index (χ1n) is 4.93. The first-order chi connectivity index (χ1) is 6.88. The van der Waals surface area contributed by atoms with Crippen LogP contribution >= 0.6 is 0 Å². The molecule has 3 N–H and O–H groups in total.